The van der Waals surface area contributed by atoms with Gasteiger partial charge in [0.1, 0.15) is 0 Å². The molecule has 0 aromatic rings. The molecule has 0 N–H and O–H groups in total. The van der Waals surface area contributed by atoms with E-state index in [2.05, 4.69) is 4.90 Å². The molecule has 5 rings (SSSR count). The molecular weight excluding hydrogens is 350 g/mol. The highest BCUT2D eigenvalue weighted by atomic mass is 15.1. The lowest BCUT2D eigenvalue weighted by atomic mass is 9.71. The molecule has 0 bridgehead atoms. The summed E-state index contributed by atoms with van der Waals surface area (Å²) in [5.74, 6) is 7.72. The molecule has 4 saturated carbocycles. The molecule has 29 heavy (non-hydrogen) atoms. The van der Waals surface area contributed by atoms with Crippen LogP contribution in [0.2, 0.25) is 0 Å². The summed E-state index contributed by atoms with van der Waals surface area (Å²) in [6.07, 6.45) is 28.1. The van der Waals surface area contributed by atoms with Crippen molar-refractivity contribution in [2.45, 2.75) is 116 Å². The van der Waals surface area contributed by atoms with Crippen molar-refractivity contribution in [3.63, 3.8) is 0 Å². The summed E-state index contributed by atoms with van der Waals surface area (Å²) in [6, 6.07) is 0. The summed E-state index contributed by atoms with van der Waals surface area (Å²) < 4.78 is 0. The lowest BCUT2D eigenvalue weighted by molar-refractivity contribution is 0.158. The maximum atomic E-state index is 2.77. The summed E-state index contributed by atoms with van der Waals surface area (Å²) in [4.78, 5) is 2.77. The van der Waals surface area contributed by atoms with Crippen LogP contribution in [0.4, 0.5) is 0 Å². The quantitative estimate of drug-likeness (QED) is 0.424. The summed E-state index contributed by atoms with van der Waals surface area (Å²) in [5, 5.41) is 0. The standard InChI is InChI=1S/C28H49N/c1-2-6-22(5-1)7-8-23-9-11-27(19-23)25-13-15-26(16-14-25)28-12-10-24(20-28)21-29-17-3-4-18-29/h22-28H,1-21H2. The maximum absolute atomic E-state index is 2.77. The van der Waals surface area contributed by atoms with Crippen LogP contribution in [-0.4, -0.2) is 24.5 Å². The second-order valence-corrected chi connectivity index (χ2v) is 12.3. The monoisotopic (exact) mass is 399 g/mol. The molecular formula is C28H49N. The molecule has 0 spiro atoms. The number of hydrogen-bond acceptors (Lipinski definition) is 1. The molecule has 1 nitrogen and oxygen atoms in total. The lowest BCUT2D eigenvalue weighted by Crippen LogP contribution is -2.27. The number of rotatable bonds is 7. The highest BCUT2D eigenvalue weighted by Gasteiger charge is 2.37. The number of nitrogens with zero attached hydrogens (tertiary/aromatic N) is 1. The third kappa shape index (κ3) is 5.42. The van der Waals surface area contributed by atoms with Gasteiger partial charge >= 0.3 is 0 Å². The van der Waals surface area contributed by atoms with Crippen molar-refractivity contribution in [3.05, 3.63) is 0 Å². The molecule has 4 unspecified atom stereocenters. The first-order valence-electron chi connectivity index (χ1n) is 14.1. The number of hydrogen-bond donors (Lipinski definition) is 0. The van der Waals surface area contributed by atoms with E-state index in [1.807, 2.05) is 0 Å². The fourth-order valence-electron chi connectivity index (χ4n) is 8.70. The van der Waals surface area contributed by atoms with Gasteiger partial charge < -0.3 is 4.90 Å². The van der Waals surface area contributed by atoms with E-state index in [4.69, 9.17) is 0 Å². The lowest BCUT2D eigenvalue weighted by Gasteiger charge is -2.35. The smallest absolute Gasteiger partial charge is 0.000976 e. The molecule has 0 amide bonds. The molecule has 4 atom stereocenters. The Balaban J connectivity index is 0.998. The van der Waals surface area contributed by atoms with E-state index >= 15 is 0 Å². The molecule has 5 aliphatic rings. The Bertz CT molecular complexity index is 481. The van der Waals surface area contributed by atoms with E-state index in [0.717, 1.165) is 41.4 Å². The van der Waals surface area contributed by atoms with Crippen molar-refractivity contribution in [3.8, 4) is 0 Å². The summed E-state index contributed by atoms with van der Waals surface area (Å²) in [6.45, 7) is 4.24. The van der Waals surface area contributed by atoms with E-state index < -0.39 is 0 Å². The summed E-state index contributed by atoms with van der Waals surface area (Å²) in [5.41, 5.74) is 0. The van der Waals surface area contributed by atoms with Gasteiger partial charge in [0.2, 0.25) is 0 Å². The van der Waals surface area contributed by atoms with Crippen molar-refractivity contribution in [1.82, 2.24) is 4.90 Å². The Morgan fingerprint density at radius 2 is 0.966 bits per heavy atom. The Labute approximate surface area is 181 Å². The summed E-state index contributed by atoms with van der Waals surface area (Å²) >= 11 is 0. The first-order valence-corrected chi connectivity index (χ1v) is 14.1. The van der Waals surface area contributed by atoms with Crippen LogP contribution in [0, 0.1) is 41.4 Å². The normalized spacial score (nSPS) is 42.2. The van der Waals surface area contributed by atoms with Crippen LogP contribution in [0.5, 0.6) is 0 Å². The first kappa shape index (κ1) is 20.8. The topological polar surface area (TPSA) is 3.24 Å². The molecule has 166 valence electrons. The largest absolute Gasteiger partial charge is 0.303 e. The van der Waals surface area contributed by atoms with Crippen LogP contribution < -0.4 is 0 Å². The van der Waals surface area contributed by atoms with Gasteiger partial charge in [-0.2, -0.15) is 0 Å². The maximum Gasteiger partial charge on any atom is 0.000976 e. The van der Waals surface area contributed by atoms with E-state index in [0.29, 0.717) is 0 Å². The van der Waals surface area contributed by atoms with Crippen molar-refractivity contribution in [1.29, 1.82) is 0 Å². The fraction of sp³-hybridized carbons (Fsp3) is 1.00. The zero-order valence-electron chi connectivity index (χ0n) is 19.3. The van der Waals surface area contributed by atoms with E-state index in [1.165, 1.54) is 45.3 Å². The van der Waals surface area contributed by atoms with Crippen LogP contribution >= 0.6 is 0 Å². The van der Waals surface area contributed by atoms with Gasteiger partial charge in [-0.15, -0.1) is 0 Å². The Morgan fingerprint density at radius 3 is 1.62 bits per heavy atom. The van der Waals surface area contributed by atoms with Gasteiger partial charge in [0.05, 0.1) is 0 Å². The second kappa shape index (κ2) is 10.1. The third-order valence-electron chi connectivity index (χ3n) is 10.5. The van der Waals surface area contributed by atoms with Crippen LogP contribution in [0.15, 0.2) is 0 Å². The average Bonchev–Trinajstić information content (AvgIpc) is 3.55. The summed E-state index contributed by atoms with van der Waals surface area (Å²) in [7, 11) is 0. The Hall–Kier alpha value is -0.0400. The zero-order chi connectivity index (χ0) is 19.5. The highest BCUT2D eigenvalue weighted by molar-refractivity contribution is 4.89. The fourth-order valence-corrected chi connectivity index (χ4v) is 8.70. The minimum Gasteiger partial charge on any atom is -0.303 e. The molecule has 1 heteroatoms. The Kier molecular flexibility index (Phi) is 7.22. The van der Waals surface area contributed by atoms with Crippen LogP contribution in [-0.2, 0) is 0 Å². The molecule has 1 saturated heterocycles. The van der Waals surface area contributed by atoms with Gasteiger partial charge in [0, 0.05) is 6.54 Å². The molecule has 0 aromatic heterocycles. The van der Waals surface area contributed by atoms with Gasteiger partial charge in [0.25, 0.3) is 0 Å². The second-order valence-electron chi connectivity index (χ2n) is 12.3. The predicted molar refractivity (Wildman–Crippen MR) is 124 cm³/mol. The van der Waals surface area contributed by atoms with Crippen molar-refractivity contribution in [2.75, 3.05) is 19.6 Å². The minimum absolute atomic E-state index is 1.05. The SMILES string of the molecule is C1CCC(CCC2CCC(C3CCC(C4CCC(CN5CCCC5)C4)CC3)C2)C1. The average molecular weight is 400 g/mol. The highest BCUT2D eigenvalue weighted by Crippen LogP contribution is 2.48. The zero-order valence-corrected chi connectivity index (χ0v) is 19.3. The van der Waals surface area contributed by atoms with Crippen molar-refractivity contribution < 1.29 is 0 Å². The molecule has 0 aromatic carbocycles. The van der Waals surface area contributed by atoms with Gasteiger partial charge in [-0.3, -0.25) is 0 Å². The molecule has 4 aliphatic carbocycles. The third-order valence-corrected chi connectivity index (χ3v) is 10.5. The van der Waals surface area contributed by atoms with Crippen LogP contribution in [0.3, 0.4) is 0 Å². The van der Waals surface area contributed by atoms with Crippen LogP contribution in [0.25, 0.3) is 0 Å². The van der Waals surface area contributed by atoms with E-state index in [1.54, 1.807) is 89.9 Å². The van der Waals surface area contributed by atoms with Gasteiger partial charge in [-0.05, 0) is 125 Å². The van der Waals surface area contributed by atoms with Gasteiger partial charge in [0.15, 0.2) is 0 Å². The van der Waals surface area contributed by atoms with Gasteiger partial charge in [-0.25, -0.2) is 0 Å². The molecule has 1 aliphatic heterocycles. The molecule has 1 heterocycles. The Morgan fingerprint density at radius 1 is 0.448 bits per heavy atom. The van der Waals surface area contributed by atoms with E-state index in [9.17, 15) is 0 Å². The van der Waals surface area contributed by atoms with Crippen LogP contribution in [0.1, 0.15) is 116 Å². The van der Waals surface area contributed by atoms with E-state index in [-0.39, 0.29) is 0 Å². The van der Waals surface area contributed by atoms with Crippen molar-refractivity contribution in [2.24, 2.45) is 41.4 Å². The van der Waals surface area contributed by atoms with Gasteiger partial charge in [-0.1, -0.05) is 44.9 Å². The number of likely N-dealkylation sites (tertiary alicyclic amines) is 1. The predicted octanol–water partition coefficient (Wildman–Crippen LogP) is 7.69. The molecule has 0 radical (unpaired) electrons. The first-order chi connectivity index (χ1) is 14.3. The minimum atomic E-state index is 1.05. The van der Waals surface area contributed by atoms with Crippen molar-refractivity contribution >= 4 is 0 Å². The molecule has 5 fully saturated rings.